The van der Waals surface area contributed by atoms with Crippen molar-refractivity contribution in [2.45, 2.75) is 25.8 Å². The van der Waals surface area contributed by atoms with E-state index >= 15 is 0 Å². The highest BCUT2D eigenvalue weighted by atomic mass is 16.7. The second kappa shape index (κ2) is 9.33. The molecule has 0 radical (unpaired) electrons. The van der Waals surface area contributed by atoms with Crippen LogP contribution in [0.15, 0.2) is 60.2 Å². The number of fused-ring (bicyclic) bond motifs is 2. The topological polar surface area (TPSA) is 115 Å². The summed E-state index contributed by atoms with van der Waals surface area (Å²) in [6.07, 6.45) is 1.63. The zero-order valence-electron chi connectivity index (χ0n) is 20.6. The van der Waals surface area contributed by atoms with E-state index < -0.39 is 17.7 Å². The predicted octanol–water partition coefficient (Wildman–Crippen LogP) is 4.47. The Morgan fingerprint density at radius 2 is 1.82 bits per heavy atom. The zero-order chi connectivity index (χ0) is 26.4. The van der Waals surface area contributed by atoms with Crippen LogP contribution in [0.5, 0.6) is 28.7 Å². The van der Waals surface area contributed by atoms with Gasteiger partial charge in [-0.1, -0.05) is 6.07 Å². The molecular formula is C29H25NO8. The normalized spacial score (nSPS) is 19.3. The molecule has 3 aromatic carbocycles. The molecule has 0 aliphatic carbocycles. The van der Waals surface area contributed by atoms with E-state index in [1.54, 1.807) is 55.5 Å². The summed E-state index contributed by atoms with van der Waals surface area (Å²) in [5, 5.41) is 21.8. The fraction of sp³-hybridized carbons (Fsp3) is 0.241. The SMILES string of the molecule is CCOc1cc(C2/C(=C(\O)c3ccc4c(c3)CCCO4)C(=O)C(=O)N2c2ccc3c(c2)OCO3)ccc1O. The molecule has 194 valence electrons. The van der Waals surface area contributed by atoms with Crippen molar-refractivity contribution < 1.29 is 38.7 Å². The monoisotopic (exact) mass is 515 g/mol. The Hall–Kier alpha value is -4.66. The number of benzene rings is 3. The van der Waals surface area contributed by atoms with Gasteiger partial charge in [0.05, 0.1) is 24.8 Å². The number of amides is 1. The van der Waals surface area contributed by atoms with Gasteiger partial charge in [-0.05, 0) is 73.4 Å². The molecule has 3 aliphatic heterocycles. The summed E-state index contributed by atoms with van der Waals surface area (Å²) in [6.45, 7) is 2.77. The van der Waals surface area contributed by atoms with Gasteiger partial charge >= 0.3 is 0 Å². The number of aromatic hydroxyl groups is 1. The van der Waals surface area contributed by atoms with Crippen LogP contribution in [-0.2, 0) is 16.0 Å². The van der Waals surface area contributed by atoms with Crippen molar-refractivity contribution in [3.8, 4) is 28.7 Å². The highest BCUT2D eigenvalue weighted by Gasteiger charge is 2.47. The van der Waals surface area contributed by atoms with E-state index in [4.69, 9.17) is 18.9 Å². The maximum absolute atomic E-state index is 13.5. The molecule has 3 aromatic rings. The number of anilines is 1. The van der Waals surface area contributed by atoms with Crippen LogP contribution >= 0.6 is 0 Å². The van der Waals surface area contributed by atoms with Crippen LogP contribution in [0.25, 0.3) is 5.76 Å². The molecule has 3 heterocycles. The van der Waals surface area contributed by atoms with Crippen molar-refractivity contribution in [3.63, 3.8) is 0 Å². The summed E-state index contributed by atoms with van der Waals surface area (Å²) < 4.78 is 22.1. The molecule has 2 N–H and O–H groups in total. The number of Topliss-reactive ketones (excluding diaryl/α,β-unsaturated/α-hetero) is 1. The largest absolute Gasteiger partial charge is 0.507 e. The minimum absolute atomic E-state index is 0.0543. The van der Waals surface area contributed by atoms with Gasteiger partial charge in [-0.2, -0.15) is 0 Å². The number of hydrogen-bond donors (Lipinski definition) is 2. The molecule has 0 bridgehead atoms. The van der Waals surface area contributed by atoms with Crippen molar-refractivity contribution in [2.24, 2.45) is 0 Å². The molecule has 0 aromatic heterocycles. The van der Waals surface area contributed by atoms with E-state index in [2.05, 4.69) is 0 Å². The molecule has 3 aliphatic rings. The molecule has 9 nitrogen and oxygen atoms in total. The number of carbonyl (C=O) groups is 2. The summed E-state index contributed by atoms with van der Waals surface area (Å²) in [4.78, 5) is 28.3. The first-order valence-electron chi connectivity index (χ1n) is 12.4. The Morgan fingerprint density at radius 3 is 2.66 bits per heavy atom. The molecule has 0 spiro atoms. The smallest absolute Gasteiger partial charge is 0.300 e. The van der Waals surface area contributed by atoms with Crippen molar-refractivity contribution in [2.75, 3.05) is 24.9 Å². The standard InChI is InChI=1S/C29H25NO8/c1-2-35-23-13-17(5-8-20(23)31)26-25(27(32)18-6-9-21-16(12-18)4-3-11-36-21)28(33)29(34)30(26)19-7-10-22-24(14-19)38-15-37-22/h5-10,12-14,26,31-32H,2-4,11,15H2,1H3/b27-25+. The summed E-state index contributed by atoms with van der Waals surface area (Å²) in [5.74, 6) is -0.0912. The van der Waals surface area contributed by atoms with Gasteiger partial charge in [0.25, 0.3) is 11.7 Å². The fourth-order valence-electron chi connectivity index (χ4n) is 5.08. The summed E-state index contributed by atoms with van der Waals surface area (Å²) in [6, 6.07) is 13.8. The first-order chi connectivity index (χ1) is 18.5. The minimum Gasteiger partial charge on any atom is -0.507 e. The van der Waals surface area contributed by atoms with Gasteiger partial charge in [-0.25, -0.2) is 0 Å². The van der Waals surface area contributed by atoms with Crippen LogP contribution in [0.2, 0.25) is 0 Å². The molecule has 1 saturated heterocycles. The maximum atomic E-state index is 13.5. The third-order valence-electron chi connectivity index (χ3n) is 6.86. The number of carbonyl (C=O) groups excluding carboxylic acids is 2. The van der Waals surface area contributed by atoms with E-state index in [-0.39, 0.29) is 29.6 Å². The van der Waals surface area contributed by atoms with Gasteiger partial charge in [-0.15, -0.1) is 0 Å². The molecule has 38 heavy (non-hydrogen) atoms. The van der Waals surface area contributed by atoms with Crippen LogP contribution in [-0.4, -0.2) is 41.9 Å². The van der Waals surface area contributed by atoms with E-state index in [1.807, 2.05) is 0 Å². The molecule has 1 atom stereocenters. The fourth-order valence-corrected chi connectivity index (χ4v) is 5.08. The van der Waals surface area contributed by atoms with Gasteiger partial charge in [0.1, 0.15) is 11.5 Å². The third kappa shape index (κ3) is 3.87. The lowest BCUT2D eigenvalue weighted by atomic mass is 9.93. The average Bonchev–Trinajstić information content (AvgIpc) is 3.51. The molecule has 1 unspecified atom stereocenters. The molecular weight excluding hydrogens is 490 g/mol. The highest BCUT2D eigenvalue weighted by Crippen LogP contribution is 2.46. The Morgan fingerprint density at radius 1 is 1.00 bits per heavy atom. The Bertz CT molecular complexity index is 1490. The van der Waals surface area contributed by atoms with Gasteiger partial charge in [0.15, 0.2) is 23.0 Å². The lowest BCUT2D eigenvalue weighted by Gasteiger charge is -2.26. The van der Waals surface area contributed by atoms with Crippen LogP contribution < -0.4 is 23.8 Å². The molecule has 1 amide bonds. The quantitative estimate of drug-likeness (QED) is 0.291. The van der Waals surface area contributed by atoms with Gasteiger partial charge in [0.2, 0.25) is 6.79 Å². The Labute approximate surface area is 218 Å². The minimum atomic E-state index is -0.998. The number of aliphatic hydroxyl groups is 1. The zero-order valence-corrected chi connectivity index (χ0v) is 20.6. The van der Waals surface area contributed by atoms with E-state index in [9.17, 15) is 19.8 Å². The lowest BCUT2D eigenvalue weighted by Crippen LogP contribution is -2.29. The van der Waals surface area contributed by atoms with E-state index in [0.717, 1.165) is 24.2 Å². The molecule has 6 rings (SSSR count). The number of ether oxygens (including phenoxy) is 4. The number of phenolic OH excluding ortho intramolecular Hbond substituents is 1. The highest BCUT2D eigenvalue weighted by molar-refractivity contribution is 6.51. The number of hydrogen-bond acceptors (Lipinski definition) is 8. The molecule has 9 heteroatoms. The predicted molar refractivity (Wildman–Crippen MR) is 137 cm³/mol. The summed E-state index contributed by atoms with van der Waals surface area (Å²) >= 11 is 0. The third-order valence-corrected chi connectivity index (χ3v) is 6.86. The van der Waals surface area contributed by atoms with Crippen LogP contribution in [0, 0.1) is 0 Å². The average molecular weight is 516 g/mol. The van der Waals surface area contributed by atoms with Crippen LogP contribution in [0.4, 0.5) is 5.69 Å². The second-order valence-electron chi connectivity index (χ2n) is 9.14. The first-order valence-corrected chi connectivity index (χ1v) is 12.4. The van der Waals surface area contributed by atoms with Crippen molar-refractivity contribution >= 4 is 23.1 Å². The number of phenols is 1. The van der Waals surface area contributed by atoms with E-state index in [0.29, 0.717) is 41.5 Å². The van der Waals surface area contributed by atoms with Gasteiger partial charge in [-0.3, -0.25) is 14.5 Å². The van der Waals surface area contributed by atoms with Crippen molar-refractivity contribution in [1.29, 1.82) is 0 Å². The number of ketones is 1. The number of rotatable bonds is 5. The summed E-state index contributed by atoms with van der Waals surface area (Å²) in [7, 11) is 0. The number of aryl methyl sites for hydroxylation is 1. The van der Waals surface area contributed by atoms with Crippen LogP contribution in [0.3, 0.4) is 0 Å². The lowest BCUT2D eigenvalue weighted by molar-refractivity contribution is -0.132. The number of aliphatic hydroxyl groups excluding tert-OH is 1. The van der Waals surface area contributed by atoms with E-state index in [1.165, 1.54) is 11.0 Å². The van der Waals surface area contributed by atoms with Crippen LogP contribution in [0.1, 0.15) is 36.1 Å². The van der Waals surface area contributed by atoms with Crippen molar-refractivity contribution in [1.82, 2.24) is 0 Å². The molecule has 0 saturated carbocycles. The van der Waals surface area contributed by atoms with Crippen molar-refractivity contribution in [3.05, 3.63) is 76.9 Å². The molecule has 1 fully saturated rings. The van der Waals surface area contributed by atoms with Gasteiger partial charge in [0, 0.05) is 17.3 Å². The van der Waals surface area contributed by atoms with Gasteiger partial charge < -0.3 is 29.2 Å². The summed E-state index contributed by atoms with van der Waals surface area (Å²) in [5.41, 5.74) is 2.13. The second-order valence-corrected chi connectivity index (χ2v) is 9.14. The number of nitrogens with zero attached hydrogens (tertiary/aromatic N) is 1. The maximum Gasteiger partial charge on any atom is 0.300 e. The first kappa shape index (κ1) is 23.7. The Balaban J connectivity index is 1.53. The Kier molecular flexibility index (Phi) is 5.83.